The van der Waals surface area contributed by atoms with Crippen LogP contribution in [0.5, 0.6) is 0 Å². The molecule has 0 bridgehead atoms. The molecule has 0 unspecified atom stereocenters. The van der Waals surface area contributed by atoms with Crippen molar-refractivity contribution in [3.63, 3.8) is 0 Å². The number of halogens is 2. The van der Waals surface area contributed by atoms with Gasteiger partial charge in [0.1, 0.15) is 0 Å². The van der Waals surface area contributed by atoms with Crippen LogP contribution in [0.15, 0.2) is 15.9 Å². The van der Waals surface area contributed by atoms with Crippen molar-refractivity contribution in [1.29, 1.82) is 0 Å². The van der Waals surface area contributed by atoms with Crippen molar-refractivity contribution >= 4 is 44.8 Å². The summed E-state index contributed by atoms with van der Waals surface area (Å²) in [4.78, 5) is 17.2. The van der Waals surface area contributed by atoms with Gasteiger partial charge in [-0.3, -0.25) is 9.69 Å². The Morgan fingerprint density at radius 3 is 2.59 bits per heavy atom. The van der Waals surface area contributed by atoms with E-state index in [2.05, 4.69) is 20.8 Å². The molecule has 1 aromatic heterocycles. The Morgan fingerprint density at radius 2 is 2.06 bits per heavy atom. The second-order valence-electron chi connectivity index (χ2n) is 3.93. The number of hydrogen-bond acceptors (Lipinski definition) is 3. The third-order valence-electron chi connectivity index (χ3n) is 2.84. The number of carbonyl (C=O) groups excluding carboxylic acids is 1. The average molecular weight is 338 g/mol. The summed E-state index contributed by atoms with van der Waals surface area (Å²) in [5.41, 5.74) is 0. The van der Waals surface area contributed by atoms with Gasteiger partial charge in [0.2, 0.25) is 0 Å². The minimum absolute atomic E-state index is 0.145. The molecule has 1 fully saturated rings. The summed E-state index contributed by atoms with van der Waals surface area (Å²) in [7, 11) is 0. The molecular weight excluding hydrogens is 324 g/mol. The molecule has 1 amide bonds. The molecule has 3 nitrogen and oxygen atoms in total. The van der Waals surface area contributed by atoms with Crippen LogP contribution in [0.2, 0.25) is 0 Å². The summed E-state index contributed by atoms with van der Waals surface area (Å²) in [6.45, 7) is 4.35. The van der Waals surface area contributed by atoms with Crippen LogP contribution >= 0.6 is 38.9 Å². The van der Waals surface area contributed by atoms with Gasteiger partial charge in [-0.05, 0) is 28.1 Å². The van der Waals surface area contributed by atoms with Gasteiger partial charge in [0.05, 0.1) is 8.66 Å². The molecule has 0 aromatic carbocycles. The summed E-state index contributed by atoms with van der Waals surface area (Å²) in [5.74, 6) is 0.803. The minimum Gasteiger partial charge on any atom is -0.335 e. The molecule has 1 aromatic rings. The van der Waals surface area contributed by atoms with Crippen molar-refractivity contribution in [3.05, 3.63) is 20.8 Å². The van der Waals surface area contributed by atoms with Crippen LogP contribution in [0.1, 0.15) is 9.67 Å². The summed E-state index contributed by atoms with van der Waals surface area (Å²) >= 11 is 10.6. The highest BCUT2D eigenvalue weighted by molar-refractivity contribution is 9.11. The molecule has 0 spiro atoms. The van der Waals surface area contributed by atoms with Crippen molar-refractivity contribution in [3.8, 4) is 0 Å². The molecule has 0 atom stereocenters. The van der Waals surface area contributed by atoms with Gasteiger partial charge in [0, 0.05) is 38.6 Å². The Balaban J connectivity index is 1.90. The summed E-state index contributed by atoms with van der Waals surface area (Å²) in [6.07, 6.45) is 0. The second kappa shape index (κ2) is 6.18. The van der Waals surface area contributed by atoms with E-state index >= 15 is 0 Å². The molecule has 94 valence electrons. The topological polar surface area (TPSA) is 23.6 Å². The summed E-state index contributed by atoms with van der Waals surface area (Å²) in [5, 5.41) is 0. The quantitative estimate of drug-likeness (QED) is 0.791. The van der Waals surface area contributed by atoms with E-state index in [0.29, 0.717) is 5.88 Å². The van der Waals surface area contributed by atoms with E-state index in [1.807, 2.05) is 17.0 Å². The lowest BCUT2D eigenvalue weighted by Gasteiger charge is -2.34. The Hall–Kier alpha value is -0.100. The Morgan fingerprint density at radius 1 is 1.35 bits per heavy atom. The maximum Gasteiger partial charge on any atom is 0.264 e. The SMILES string of the molecule is O=C(c1ccc(Br)s1)N1CCN(CCCl)CC1. The fourth-order valence-electron chi connectivity index (χ4n) is 1.88. The maximum absolute atomic E-state index is 12.1. The van der Waals surface area contributed by atoms with Gasteiger partial charge in [-0.1, -0.05) is 0 Å². The molecule has 1 aliphatic rings. The number of alkyl halides is 1. The average Bonchev–Trinajstić information content (AvgIpc) is 2.76. The molecule has 2 rings (SSSR count). The lowest BCUT2D eigenvalue weighted by molar-refractivity contribution is 0.0649. The van der Waals surface area contributed by atoms with E-state index in [4.69, 9.17) is 11.6 Å². The van der Waals surface area contributed by atoms with Crippen molar-refractivity contribution in [1.82, 2.24) is 9.80 Å². The zero-order chi connectivity index (χ0) is 12.3. The molecule has 0 N–H and O–H groups in total. The van der Waals surface area contributed by atoms with E-state index < -0.39 is 0 Å². The molecule has 0 radical (unpaired) electrons. The highest BCUT2D eigenvalue weighted by atomic mass is 79.9. The first kappa shape index (κ1) is 13.3. The van der Waals surface area contributed by atoms with Gasteiger partial charge in [0.25, 0.3) is 5.91 Å². The van der Waals surface area contributed by atoms with Crippen molar-refractivity contribution in [2.45, 2.75) is 0 Å². The van der Waals surface area contributed by atoms with Crippen LogP contribution in [0.3, 0.4) is 0 Å². The molecular formula is C11H14BrClN2OS. The van der Waals surface area contributed by atoms with Crippen LogP contribution in [0.25, 0.3) is 0 Å². The standard InChI is InChI=1S/C11H14BrClN2OS/c12-10-2-1-9(17-10)11(16)15-7-5-14(4-3-13)6-8-15/h1-2H,3-8H2. The summed E-state index contributed by atoms with van der Waals surface area (Å²) in [6, 6.07) is 3.80. The first-order chi connectivity index (χ1) is 8.20. The zero-order valence-corrected chi connectivity index (χ0v) is 12.5. The fraction of sp³-hybridized carbons (Fsp3) is 0.545. The normalized spacial score (nSPS) is 17.4. The van der Waals surface area contributed by atoms with Gasteiger partial charge in [-0.25, -0.2) is 0 Å². The second-order valence-corrected chi connectivity index (χ2v) is 6.77. The van der Waals surface area contributed by atoms with Gasteiger partial charge < -0.3 is 4.90 Å². The first-order valence-electron chi connectivity index (χ1n) is 5.53. The Labute approximate surface area is 118 Å². The number of hydrogen-bond donors (Lipinski definition) is 0. The molecule has 0 saturated carbocycles. The molecule has 2 heterocycles. The highest BCUT2D eigenvalue weighted by Gasteiger charge is 2.22. The number of carbonyl (C=O) groups is 1. The molecule has 1 aliphatic heterocycles. The Kier molecular flexibility index (Phi) is 4.85. The number of nitrogens with zero attached hydrogens (tertiary/aromatic N) is 2. The summed E-state index contributed by atoms with van der Waals surface area (Å²) < 4.78 is 1.00. The van der Waals surface area contributed by atoms with E-state index in [1.165, 1.54) is 11.3 Å². The third kappa shape index (κ3) is 3.44. The van der Waals surface area contributed by atoms with E-state index in [9.17, 15) is 4.79 Å². The molecule has 17 heavy (non-hydrogen) atoms. The largest absolute Gasteiger partial charge is 0.335 e. The predicted molar refractivity (Wildman–Crippen MR) is 75.1 cm³/mol. The number of amides is 1. The van der Waals surface area contributed by atoms with Gasteiger partial charge in [-0.2, -0.15) is 0 Å². The van der Waals surface area contributed by atoms with Crippen molar-refractivity contribution in [2.24, 2.45) is 0 Å². The number of piperazine rings is 1. The molecule has 6 heteroatoms. The van der Waals surface area contributed by atoms with E-state index in [0.717, 1.165) is 41.4 Å². The van der Waals surface area contributed by atoms with Gasteiger partial charge >= 0.3 is 0 Å². The van der Waals surface area contributed by atoms with Crippen molar-refractivity contribution < 1.29 is 4.79 Å². The predicted octanol–water partition coefficient (Wildman–Crippen LogP) is 2.51. The first-order valence-corrected chi connectivity index (χ1v) is 7.68. The lowest BCUT2D eigenvalue weighted by atomic mass is 10.3. The fourth-order valence-corrected chi connectivity index (χ4v) is 3.47. The number of thiophene rings is 1. The van der Waals surface area contributed by atoms with Gasteiger partial charge in [-0.15, -0.1) is 22.9 Å². The third-order valence-corrected chi connectivity index (χ3v) is 4.62. The lowest BCUT2D eigenvalue weighted by Crippen LogP contribution is -2.48. The highest BCUT2D eigenvalue weighted by Crippen LogP contribution is 2.23. The van der Waals surface area contributed by atoms with Crippen LogP contribution in [-0.4, -0.2) is 54.3 Å². The Bertz CT molecular complexity index is 391. The van der Waals surface area contributed by atoms with Crippen LogP contribution < -0.4 is 0 Å². The monoisotopic (exact) mass is 336 g/mol. The molecule has 1 saturated heterocycles. The zero-order valence-electron chi connectivity index (χ0n) is 9.36. The van der Waals surface area contributed by atoms with Crippen molar-refractivity contribution in [2.75, 3.05) is 38.6 Å². The van der Waals surface area contributed by atoms with Crippen LogP contribution in [0.4, 0.5) is 0 Å². The van der Waals surface area contributed by atoms with Crippen LogP contribution in [0, 0.1) is 0 Å². The van der Waals surface area contributed by atoms with Crippen LogP contribution in [-0.2, 0) is 0 Å². The minimum atomic E-state index is 0.145. The number of rotatable bonds is 3. The van der Waals surface area contributed by atoms with E-state index in [1.54, 1.807) is 0 Å². The van der Waals surface area contributed by atoms with E-state index in [-0.39, 0.29) is 5.91 Å². The maximum atomic E-state index is 12.1. The smallest absolute Gasteiger partial charge is 0.264 e. The van der Waals surface area contributed by atoms with Gasteiger partial charge in [0.15, 0.2) is 0 Å². The molecule has 0 aliphatic carbocycles.